The van der Waals surface area contributed by atoms with Crippen LogP contribution in [-0.2, 0) is 4.79 Å². The molecule has 0 aliphatic heterocycles. The molecule has 2 aromatic heterocycles. The Labute approximate surface area is 110 Å². The smallest absolute Gasteiger partial charge is 0.305 e. The Balaban J connectivity index is 1.96. The van der Waals surface area contributed by atoms with Gasteiger partial charge in [-0.1, -0.05) is 0 Å². The summed E-state index contributed by atoms with van der Waals surface area (Å²) in [4.78, 5) is 15.2. The highest BCUT2D eigenvalue weighted by Gasteiger charge is 2.39. The molecule has 1 saturated carbocycles. The number of aliphatic carboxylic acids is 1. The number of pyridine rings is 1. The van der Waals surface area contributed by atoms with Crippen molar-refractivity contribution in [3.05, 3.63) is 24.0 Å². The zero-order valence-electron chi connectivity index (χ0n) is 10.8. The first kappa shape index (κ1) is 12.0. The number of aryl methyl sites for hydroxylation is 1. The number of nitrogens with one attached hydrogen (secondary N) is 1. The standard InChI is InChI=1S/C13H16N4O2/c1-9-5-10-14-8-15-17(10)11(6-9)16-13(3-2-4-13)7-12(18)19/h5-6,8,16H,2-4,7H2,1H3,(H,18,19). The molecule has 100 valence electrons. The van der Waals surface area contributed by atoms with Gasteiger partial charge in [0, 0.05) is 5.54 Å². The number of anilines is 1. The molecule has 0 unspecified atom stereocenters. The number of carboxylic acid groups (broad SMARTS) is 1. The molecule has 1 aliphatic carbocycles. The van der Waals surface area contributed by atoms with Gasteiger partial charge >= 0.3 is 5.97 Å². The van der Waals surface area contributed by atoms with E-state index >= 15 is 0 Å². The van der Waals surface area contributed by atoms with Crippen LogP contribution >= 0.6 is 0 Å². The van der Waals surface area contributed by atoms with E-state index in [1.54, 1.807) is 4.52 Å². The van der Waals surface area contributed by atoms with E-state index in [1.165, 1.54) is 6.33 Å². The van der Waals surface area contributed by atoms with Crippen molar-refractivity contribution >= 4 is 17.4 Å². The number of aromatic nitrogens is 3. The summed E-state index contributed by atoms with van der Waals surface area (Å²) in [7, 11) is 0. The molecule has 2 aromatic rings. The van der Waals surface area contributed by atoms with Crippen LogP contribution in [0.15, 0.2) is 18.5 Å². The van der Waals surface area contributed by atoms with Crippen molar-refractivity contribution in [2.75, 3.05) is 5.32 Å². The molecule has 2 N–H and O–H groups in total. The molecule has 1 aliphatic rings. The molecule has 1 fully saturated rings. The van der Waals surface area contributed by atoms with E-state index in [-0.39, 0.29) is 12.0 Å². The maximum absolute atomic E-state index is 11.0. The Hall–Kier alpha value is -2.11. The zero-order valence-corrected chi connectivity index (χ0v) is 10.8. The molecule has 6 heteroatoms. The van der Waals surface area contributed by atoms with Crippen LogP contribution < -0.4 is 5.32 Å². The Morgan fingerprint density at radius 2 is 2.32 bits per heavy atom. The minimum atomic E-state index is -0.769. The van der Waals surface area contributed by atoms with E-state index in [2.05, 4.69) is 15.4 Å². The van der Waals surface area contributed by atoms with E-state index < -0.39 is 5.97 Å². The summed E-state index contributed by atoms with van der Waals surface area (Å²) in [6, 6.07) is 3.92. The molecule has 0 aromatic carbocycles. The Bertz CT molecular complexity index is 631. The van der Waals surface area contributed by atoms with Gasteiger partial charge < -0.3 is 10.4 Å². The minimum Gasteiger partial charge on any atom is -0.481 e. The van der Waals surface area contributed by atoms with Gasteiger partial charge in [-0.2, -0.15) is 9.61 Å². The summed E-state index contributed by atoms with van der Waals surface area (Å²) in [6.45, 7) is 1.99. The third kappa shape index (κ3) is 2.14. The van der Waals surface area contributed by atoms with Crippen LogP contribution in [0.2, 0.25) is 0 Å². The fraction of sp³-hybridized carbons (Fsp3) is 0.462. The van der Waals surface area contributed by atoms with Crippen molar-refractivity contribution in [1.29, 1.82) is 0 Å². The molecular weight excluding hydrogens is 244 g/mol. The van der Waals surface area contributed by atoms with Crippen molar-refractivity contribution < 1.29 is 9.90 Å². The van der Waals surface area contributed by atoms with Crippen molar-refractivity contribution in [2.45, 2.75) is 38.1 Å². The Morgan fingerprint density at radius 3 is 2.95 bits per heavy atom. The Morgan fingerprint density at radius 1 is 1.53 bits per heavy atom. The van der Waals surface area contributed by atoms with Gasteiger partial charge in [0.15, 0.2) is 5.65 Å². The van der Waals surface area contributed by atoms with E-state index in [9.17, 15) is 4.79 Å². The molecule has 19 heavy (non-hydrogen) atoms. The number of nitrogens with zero attached hydrogens (tertiary/aromatic N) is 3. The second kappa shape index (κ2) is 4.22. The number of fused-ring (bicyclic) bond motifs is 1. The van der Waals surface area contributed by atoms with Gasteiger partial charge in [0.25, 0.3) is 0 Å². The van der Waals surface area contributed by atoms with Gasteiger partial charge in [0.05, 0.1) is 6.42 Å². The molecule has 0 atom stereocenters. The number of rotatable bonds is 4. The number of hydrogen-bond donors (Lipinski definition) is 2. The summed E-state index contributed by atoms with van der Waals surface area (Å²) >= 11 is 0. The molecule has 6 nitrogen and oxygen atoms in total. The number of carboxylic acids is 1. The second-order valence-electron chi connectivity index (χ2n) is 5.28. The molecular formula is C13H16N4O2. The fourth-order valence-corrected chi connectivity index (χ4v) is 2.66. The molecule has 3 rings (SSSR count). The average molecular weight is 260 g/mol. The van der Waals surface area contributed by atoms with E-state index in [0.717, 1.165) is 36.3 Å². The molecule has 0 amide bonds. The van der Waals surface area contributed by atoms with E-state index in [1.807, 2.05) is 19.1 Å². The van der Waals surface area contributed by atoms with Crippen molar-refractivity contribution in [1.82, 2.24) is 14.6 Å². The van der Waals surface area contributed by atoms with Crippen LogP contribution in [0, 0.1) is 6.92 Å². The fourth-order valence-electron chi connectivity index (χ4n) is 2.66. The lowest BCUT2D eigenvalue weighted by Gasteiger charge is -2.42. The maximum Gasteiger partial charge on any atom is 0.305 e. The summed E-state index contributed by atoms with van der Waals surface area (Å²) in [6.07, 6.45) is 4.46. The van der Waals surface area contributed by atoms with Gasteiger partial charge in [0.2, 0.25) is 0 Å². The SMILES string of the molecule is Cc1cc(NC2(CC(=O)O)CCC2)n2ncnc2c1. The lowest BCUT2D eigenvalue weighted by atomic mass is 9.74. The third-order valence-corrected chi connectivity index (χ3v) is 3.72. The highest BCUT2D eigenvalue weighted by molar-refractivity contribution is 5.70. The van der Waals surface area contributed by atoms with Crippen LogP contribution in [-0.4, -0.2) is 31.2 Å². The average Bonchev–Trinajstić information content (AvgIpc) is 2.73. The largest absolute Gasteiger partial charge is 0.481 e. The molecule has 0 saturated heterocycles. The monoisotopic (exact) mass is 260 g/mol. The van der Waals surface area contributed by atoms with Gasteiger partial charge in [-0.25, -0.2) is 4.98 Å². The van der Waals surface area contributed by atoms with Gasteiger partial charge in [-0.3, -0.25) is 4.79 Å². The van der Waals surface area contributed by atoms with Crippen LogP contribution in [0.1, 0.15) is 31.2 Å². The molecule has 0 spiro atoms. The summed E-state index contributed by atoms with van der Waals surface area (Å²) in [5, 5.41) is 16.6. The quantitative estimate of drug-likeness (QED) is 0.877. The highest BCUT2D eigenvalue weighted by Crippen LogP contribution is 2.38. The number of carbonyl (C=O) groups is 1. The van der Waals surface area contributed by atoms with E-state index in [0.29, 0.717) is 0 Å². The maximum atomic E-state index is 11.0. The first-order valence-corrected chi connectivity index (χ1v) is 6.38. The molecule has 0 bridgehead atoms. The normalized spacial score (nSPS) is 17.1. The first-order chi connectivity index (χ1) is 9.08. The predicted molar refractivity (Wildman–Crippen MR) is 70.2 cm³/mol. The first-order valence-electron chi connectivity index (χ1n) is 6.38. The number of hydrogen-bond acceptors (Lipinski definition) is 4. The van der Waals surface area contributed by atoms with E-state index in [4.69, 9.17) is 5.11 Å². The van der Waals surface area contributed by atoms with Crippen molar-refractivity contribution in [2.24, 2.45) is 0 Å². The second-order valence-corrected chi connectivity index (χ2v) is 5.28. The van der Waals surface area contributed by atoms with Crippen LogP contribution in [0.4, 0.5) is 5.82 Å². The summed E-state index contributed by atoms with van der Waals surface area (Å²) < 4.78 is 1.72. The minimum absolute atomic E-state index is 0.136. The molecule has 2 heterocycles. The van der Waals surface area contributed by atoms with Crippen LogP contribution in [0.5, 0.6) is 0 Å². The van der Waals surface area contributed by atoms with Crippen LogP contribution in [0.3, 0.4) is 0 Å². The van der Waals surface area contributed by atoms with Gasteiger partial charge in [0.1, 0.15) is 12.1 Å². The third-order valence-electron chi connectivity index (χ3n) is 3.72. The van der Waals surface area contributed by atoms with Crippen LogP contribution in [0.25, 0.3) is 5.65 Å². The van der Waals surface area contributed by atoms with Gasteiger partial charge in [-0.05, 0) is 43.9 Å². The lowest BCUT2D eigenvalue weighted by molar-refractivity contribution is -0.138. The highest BCUT2D eigenvalue weighted by atomic mass is 16.4. The summed E-state index contributed by atoms with van der Waals surface area (Å²) in [5.74, 6) is 0.0446. The van der Waals surface area contributed by atoms with Gasteiger partial charge in [-0.15, -0.1) is 0 Å². The Kier molecular flexibility index (Phi) is 2.66. The van der Waals surface area contributed by atoms with Crippen molar-refractivity contribution in [3.8, 4) is 0 Å². The molecule has 0 radical (unpaired) electrons. The predicted octanol–water partition coefficient (Wildman–Crippen LogP) is 1.85. The summed E-state index contributed by atoms with van der Waals surface area (Å²) in [5.41, 5.74) is 1.51. The van der Waals surface area contributed by atoms with Crippen molar-refractivity contribution in [3.63, 3.8) is 0 Å². The zero-order chi connectivity index (χ0) is 13.5. The topological polar surface area (TPSA) is 79.5 Å². The lowest BCUT2D eigenvalue weighted by Crippen LogP contribution is -2.47.